The van der Waals surface area contributed by atoms with E-state index in [-0.39, 0.29) is 22.9 Å². The summed E-state index contributed by atoms with van der Waals surface area (Å²) < 4.78 is 29.8. The van der Waals surface area contributed by atoms with Gasteiger partial charge < -0.3 is 10.1 Å². The molecule has 1 aliphatic heterocycles. The fraction of sp³-hybridized carbons (Fsp3) is 0.267. The van der Waals surface area contributed by atoms with Crippen LogP contribution in [0.2, 0.25) is 0 Å². The van der Waals surface area contributed by atoms with E-state index >= 15 is 0 Å². The highest BCUT2D eigenvalue weighted by Crippen LogP contribution is 2.16. The lowest BCUT2D eigenvalue weighted by Gasteiger charge is -2.15. The maximum Gasteiger partial charge on any atom is 0.356 e. The molecule has 1 aromatic carbocycles. The number of benzene rings is 1. The van der Waals surface area contributed by atoms with Crippen molar-refractivity contribution in [2.24, 2.45) is 0 Å². The molecule has 140 valence electrons. The molecule has 1 heterocycles. The lowest BCUT2D eigenvalue weighted by Crippen LogP contribution is -2.42. The normalized spacial score (nSPS) is 14.1. The zero-order valence-corrected chi connectivity index (χ0v) is 14.9. The van der Waals surface area contributed by atoms with Gasteiger partial charge in [-0.05, 0) is 30.3 Å². The molecule has 0 spiro atoms. The Morgan fingerprint density at radius 1 is 1.19 bits per heavy atom. The van der Waals surface area contributed by atoms with E-state index in [0.717, 1.165) is 4.31 Å². The quantitative estimate of drug-likeness (QED) is 0.555. The second-order valence-corrected chi connectivity index (χ2v) is 7.58. The molecule has 1 aromatic rings. The Morgan fingerprint density at radius 3 is 2.38 bits per heavy atom. The van der Waals surface area contributed by atoms with Crippen LogP contribution in [0, 0.1) is 0 Å². The van der Waals surface area contributed by atoms with Crippen molar-refractivity contribution in [3.63, 3.8) is 0 Å². The predicted octanol–water partition coefficient (Wildman–Crippen LogP) is -0.673. The molecule has 0 atom stereocenters. The highest BCUT2D eigenvalue weighted by atomic mass is 32.2. The minimum absolute atomic E-state index is 0.0336. The van der Waals surface area contributed by atoms with E-state index in [1.54, 1.807) is 0 Å². The summed E-state index contributed by atoms with van der Waals surface area (Å²) in [5, 5.41) is 2.48. The van der Waals surface area contributed by atoms with Gasteiger partial charge in [0.1, 0.15) is 5.70 Å². The molecule has 0 aromatic heterocycles. The number of anilines is 1. The number of hydrogen-bond donors (Lipinski definition) is 3. The van der Waals surface area contributed by atoms with E-state index in [4.69, 9.17) is 4.74 Å². The van der Waals surface area contributed by atoms with Gasteiger partial charge in [0, 0.05) is 26.2 Å². The van der Waals surface area contributed by atoms with Crippen LogP contribution in [0.5, 0.6) is 0 Å². The summed E-state index contributed by atoms with van der Waals surface area (Å²) in [6, 6.07) is 5.57. The number of hydrogen-bond acceptors (Lipinski definition) is 7. The summed E-state index contributed by atoms with van der Waals surface area (Å²) in [4.78, 5) is 34.6. The highest BCUT2D eigenvalue weighted by molar-refractivity contribution is 7.89. The average Bonchev–Trinajstić information content (AvgIpc) is 2.60. The number of hydrazine groups is 1. The van der Waals surface area contributed by atoms with E-state index in [1.165, 1.54) is 44.4 Å². The van der Waals surface area contributed by atoms with Crippen molar-refractivity contribution >= 4 is 33.5 Å². The maximum absolute atomic E-state index is 12.0. The number of carbonyl (C=O) groups excluding carboxylic acids is 3. The largest absolute Gasteiger partial charge is 0.451 e. The number of nitrogens with zero attached hydrogens (tertiary/aromatic N) is 1. The molecule has 1 aliphatic rings. The second-order valence-electron chi connectivity index (χ2n) is 5.43. The minimum Gasteiger partial charge on any atom is -0.451 e. The predicted molar refractivity (Wildman–Crippen MR) is 90.9 cm³/mol. The molecule has 0 unspecified atom stereocenters. The number of esters is 1. The lowest BCUT2D eigenvalue weighted by molar-refractivity contribution is -0.144. The molecule has 11 heteroatoms. The Morgan fingerprint density at radius 2 is 1.85 bits per heavy atom. The Balaban J connectivity index is 1.88. The van der Waals surface area contributed by atoms with Gasteiger partial charge in [-0.15, -0.1) is 0 Å². The number of rotatable bonds is 6. The van der Waals surface area contributed by atoms with Crippen LogP contribution in [0.4, 0.5) is 5.69 Å². The van der Waals surface area contributed by atoms with Crippen LogP contribution in [0.15, 0.2) is 40.9 Å². The summed E-state index contributed by atoms with van der Waals surface area (Å²) >= 11 is 0. The monoisotopic (exact) mass is 382 g/mol. The van der Waals surface area contributed by atoms with Crippen molar-refractivity contribution in [2.45, 2.75) is 11.3 Å². The molecule has 2 amide bonds. The van der Waals surface area contributed by atoms with E-state index in [2.05, 4.69) is 16.2 Å². The smallest absolute Gasteiger partial charge is 0.356 e. The first-order chi connectivity index (χ1) is 12.2. The highest BCUT2D eigenvalue weighted by Gasteiger charge is 2.18. The third kappa shape index (κ3) is 4.80. The van der Waals surface area contributed by atoms with Gasteiger partial charge in [-0.3, -0.25) is 20.4 Å². The van der Waals surface area contributed by atoms with Gasteiger partial charge in [-0.25, -0.2) is 17.5 Å². The average molecular weight is 382 g/mol. The first-order valence-electron chi connectivity index (χ1n) is 7.45. The van der Waals surface area contributed by atoms with Crippen LogP contribution in [0.1, 0.15) is 6.42 Å². The zero-order valence-electron chi connectivity index (χ0n) is 14.1. The van der Waals surface area contributed by atoms with Crippen molar-refractivity contribution in [1.82, 2.24) is 15.2 Å². The number of carbonyl (C=O) groups is 3. The first-order valence-corrected chi connectivity index (χ1v) is 8.89. The number of sulfonamides is 1. The topological polar surface area (TPSA) is 134 Å². The molecular weight excluding hydrogens is 364 g/mol. The van der Waals surface area contributed by atoms with Crippen LogP contribution >= 0.6 is 0 Å². The number of ether oxygens (including phenoxy) is 1. The molecule has 2 rings (SSSR count). The van der Waals surface area contributed by atoms with E-state index in [9.17, 15) is 22.8 Å². The van der Waals surface area contributed by atoms with Crippen LogP contribution in [0.25, 0.3) is 0 Å². The van der Waals surface area contributed by atoms with Gasteiger partial charge in [-0.2, -0.15) is 0 Å². The Kier molecular flexibility index (Phi) is 5.95. The van der Waals surface area contributed by atoms with Crippen molar-refractivity contribution in [3.8, 4) is 0 Å². The van der Waals surface area contributed by atoms with Gasteiger partial charge in [-0.1, -0.05) is 0 Å². The van der Waals surface area contributed by atoms with E-state index < -0.39 is 28.5 Å². The third-order valence-corrected chi connectivity index (χ3v) is 5.13. The SMILES string of the molecule is CN(C)S(=O)(=O)c1ccc(NC(=O)COC(=O)C2=CCC(=O)NN2)cc1. The first kappa shape index (κ1) is 19.4. The van der Waals surface area contributed by atoms with Gasteiger partial charge >= 0.3 is 5.97 Å². The van der Waals surface area contributed by atoms with Gasteiger partial charge in [0.15, 0.2) is 6.61 Å². The van der Waals surface area contributed by atoms with Crippen molar-refractivity contribution in [2.75, 3.05) is 26.0 Å². The summed E-state index contributed by atoms with van der Waals surface area (Å²) in [5.41, 5.74) is 5.01. The van der Waals surface area contributed by atoms with Crippen LogP contribution in [-0.2, 0) is 29.1 Å². The van der Waals surface area contributed by atoms with Gasteiger partial charge in [0.05, 0.1) is 4.90 Å². The second kappa shape index (κ2) is 7.97. The Bertz CT molecular complexity index is 845. The Labute approximate surface area is 150 Å². The van der Waals surface area contributed by atoms with E-state index in [0.29, 0.717) is 5.69 Å². The summed E-state index contributed by atoms with van der Waals surface area (Å²) in [6.07, 6.45) is 1.38. The van der Waals surface area contributed by atoms with Crippen LogP contribution in [-0.4, -0.2) is 51.2 Å². The summed E-state index contributed by atoms with van der Waals surface area (Å²) in [6.45, 7) is -0.538. The number of amides is 2. The lowest BCUT2D eigenvalue weighted by atomic mass is 10.3. The molecule has 0 saturated carbocycles. The van der Waals surface area contributed by atoms with Crippen LogP contribution in [0.3, 0.4) is 0 Å². The van der Waals surface area contributed by atoms with Crippen molar-refractivity contribution in [3.05, 3.63) is 36.0 Å². The maximum atomic E-state index is 12.0. The minimum atomic E-state index is -3.55. The fourth-order valence-corrected chi connectivity index (χ4v) is 2.80. The Hall–Kier alpha value is -2.92. The van der Waals surface area contributed by atoms with Crippen molar-refractivity contribution < 1.29 is 27.5 Å². The number of nitrogens with one attached hydrogen (secondary N) is 3. The summed E-state index contributed by atoms with van der Waals surface area (Å²) in [7, 11) is -0.716. The molecule has 26 heavy (non-hydrogen) atoms. The molecular formula is C15H18N4O6S. The third-order valence-electron chi connectivity index (χ3n) is 3.30. The van der Waals surface area contributed by atoms with Gasteiger partial charge in [0.2, 0.25) is 15.9 Å². The van der Waals surface area contributed by atoms with Crippen molar-refractivity contribution in [1.29, 1.82) is 0 Å². The molecule has 0 radical (unpaired) electrons. The fourth-order valence-electron chi connectivity index (χ4n) is 1.90. The molecule has 0 saturated heterocycles. The summed E-state index contributed by atoms with van der Waals surface area (Å²) in [5.74, 6) is -1.67. The molecule has 0 aliphatic carbocycles. The molecule has 0 bridgehead atoms. The van der Waals surface area contributed by atoms with Crippen LogP contribution < -0.4 is 16.2 Å². The van der Waals surface area contributed by atoms with E-state index in [1.807, 2.05) is 0 Å². The standard InChI is InChI=1S/C15H18N4O6S/c1-19(2)26(23,24)11-5-3-10(4-6-11)16-14(21)9-25-15(22)12-7-8-13(20)18-17-12/h3-7,17H,8-9H2,1-2H3,(H,16,21)(H,18,20). The van der Waals surface area contributed by atoms with Gasteiger partial charge in [0.25, 0.3) is 5.91 Å². The zero-order chi connectivity index (χ0) is 19.3. The molecule has 10 nitrogen and oxygen atoms in total. The molecule has 3 N–H and O–H groups in total. The molecule has 0 fully saturated rings.